The number of nitrogens with two attached hydrogens (primary N) is 1. The van der Waals surface area contributed by atoms with Crippen LogP contribution in [0.25, 0.3) is 0 Å². The third-order valence-corrected chi connectivity index (χ3v) is 3.96. The number of benzene rings is 1. The second-order valence-corrected chi connectivity index (χ2v) is 6.71. The third-order valence-electron chi connectivity index (χ3n) is 2.89. The summed E-state index contributed by atoms with van der Waals surface area (Å²) >= 11 is 0. The van der Waals surface area contributed by atoms with Crippen LogP contribution in [0.15, 0.2) is 41.6 Å². The molecule has 0 saturated heterocycles. The van der Waals surface area contributed by atoms with Gasteiger partial charge < -0.3 is 5.73 Å². The first-order valence-electron chi connectivity index (χ1n) is 5.91. The molecule has 0 aliphatic heterocycles. The molecule has 0 fully saturated rings. The Bertz CT molecular complexity index is 677. The van der Waals surface area contributed by atoms with Crippen LogP contribution in [0.2, 0.25) is 0 Å². The van der Waals surface area contributed by atoms with Crippen molar-refractivity contribution >= 4 is 9.84 Å². The zero-order chi connectivity index (χ0) is 14.0. The summed E-state index contributed by atoms with van der Waals surface area (Å²) in [5.41, 5.74) is 8.26. The lowest BCUT2D eigenvalue weighted by Gasteiger charge is -2.12. The van der Waals surface area contributed by atoms with Crippen molar-refractivity contribution in [3.05, 3.63) is 47.8 Å². The third kappa shape index (κ3) is 3.42. The molecule has 5 nitrogen and oxygen atoms in total. The maximum absolute atomic E-state index is 11.4. The van der Waals surface area contributed by atoms with Gasteiger partial charge in [0.15, 0.2) is 9.84 Å². The molecule has 1 heterocycles. The number of hydrogen-bond donors (Lipinski definition) is 1. The lowest BCUT2D eigenvalue weighted by Crippen LogP contribution is -2.18. The minimum absolute atomic E-state index is 0.212. The van der Waals surface area contributed by atoms with Crippen LogP contribution in [-0.2, 0) is 16.4 Å². The van der Waals surface area contributed by atoms with Crippen molar-refractivity contribution < 1.29 is 8.42 Å². The van der Waals surface area contributed by atoms with Gasteiger partial charge in [-0.1, -0.05) is 29.8 Å². The Morgan fingerprint density at radius 2 is 2.16 bits per heavy atom. The summed E-state index contributed by atoms with van der Waals surface area (Å²) < 4.78 is 24.3. The van der Waals surface area contributed by atoms with Crippen molar-refractivity contribution in [1.29, 1.82) is 0 Å². The summed E-state index contributed by atoms with van der Waals surface area (Å²) in [6, 6.07) is 7.72. The van der Waals surface area contributed by atoms with Crippen LogP contribution in [0.4, 0.5) is 0 Å². The van der Waals surface area contributed by atoms with Gasteiger partial charge in [0, 0.05) is 18.5 Å². The molecule has 102 valence electrons. The molecular weight excluding hydrogens is 262 g/mol. The van der Waals surface area contributed by atoms with E-state index in [-0.39, 0.29) is 10.9 Å². The second-order valence-electron chi connectivity index (χ2n) is 4.69. The zero-order valence-electron chi connectivity index (χ0n) is 10.9. The molecule has 1 aromatic carbocycles. The molecule has 0 aliphatic carbocycles. The Kier molecular flexibility index (Phi) is 3.73. The molecule has 1 unspecified atom stereocenters. The summed E-state index contributed by atoms with van der Waals surface area (Å²) in [7, 11) is -3.21. The van der Waals surface area contributed by atoms with Gasteiger partial charge in [-0.3, -0.25) is 4.68 Å². The van der Waals surface area contributed by atoms with E-state index in [2.05, 4.69) is 5.10 Å². The van der Waals surface area contributed by atoms with E-state index < -0.39 is 9.84 Å². The SMILES string of the molecule is Cc1cccc(C(N)Cn2cc(S(C)(=O)=O)cn2)c1. The van der Waals surface area contributed by atoms with Crippen molar-refractivity contribution in [3.8, 4) is 0 Å². The van der Waals surface area contributed by atoms with Crippen molar-refractivity contribution in [2.45, 2.75) is 24.4 Å². The van der Waals surface area contributed by atoms with Gasteiger partial charge in [0.1, 0.15) is 4.90 Å². The normalized spacial score (nSPS) is 13.4. The van der Waals surface area contributed by atoms with Gasteiger partial charge in [-0.05, 0) is 12.5 Å². The van der Waals surface area contributed by atoms with Crippen molar-refractivity contribution in [1.82, 2.24) is 9.78 Å². The molecular formula is C13H17N3O2S. The van der Waals surface area contributed by atoms with Crippen LogP contribution in [0.1, 0.15) is 17.2 Å². The van der Waals surface area contributed by atoms with Crippen molar-refractivity contribution in [2.24, 2.45) is 5.73 Å². The van der Waals surface area contributed by atoms with Gasteiger partial charge >= 0.3 is 0 Å². The number of sulfone groups is 1. The van der Waals surface area contributed by atoms with Crippen LogP contribution in [-0.4, -0.2) is 24.5 Å². The second kappa shape index (κ2) is 5.14. The van der Waals surface area contributed by atoms with E-state index in [0.29, 0.717) is 6.54 Å². The minimum Gasteiger partial charge on any atom is -0.322 e. The molecule has 0 bridgehead atoms. The Morgan fingerprint density at radius 3 is 2.74 bits per heavy atom. The molecule has 0 amide bonds. The van der Waals surface area contributed by atoms with Crippen LogP contribution < -0.4 is 5.73 Å². The first-order valence-corrected chi connectivity index (χ1v) is 7.80. The molecule has 0 saturated carbocycles. The Hall–Kier alpha value is -1.66. The summed E-state index contributed by atoms with van der Waals surface area (Å²) in [5, 5.41) is 4.03. The average molecular weight is 279 g/mol. The monoisotopic (exact) mass is 279 g/mol. The van der Waals surface area contributed by atoms with Gasteiger partial charge in [0.25, 0.3) is 0 Å². The van der Waals surface area contributed by atoms with Crippen LogP contribution >= 0.6 is 0 Å². The summed E-state index contributed by atoms with van der Waals surface area (Å²) in [4.78, 5) is 0.212. The Balaban J connectivity index is 2.15. The quantitative estimate of drug-likeness (QED) is 0.915. The highest BCUT2D eigenvalue weighted by atomic mass is 32.2. The van der Waals surface area contributed by atoms with Gasteiger partial charge in [-0.15, -0.1) is 0 Å². The van der Waals surface area contributed by atoms with E-state index in [9.17, 15) is 8.42 Å². The first kappa shape index (κ1) is 13.8. The highest BCUT2D eigenvalue weighted by Gasteiger charge is 2.12. The number of hydrogen-bond acceptors (Lipinski definition) is 4. The standard InChI is InChI=1S/C13H17N3O2S/c1-10-4-3-5-11(6-10)13(14)9-16-8-12(7-15-16)19(2,17)18/h3-8,13H,9,14H2,1-2H3. The summed E-state index contributed by atoms with van der Waals surface area (Å²) in [5.74, 6) is 0. The molecule has 0 radical (unpaired) electrons. The maximum Gasteiger partial charge on any atom is 0.178 e. The maximum atomic E-state index is 11.4. The highest BCUT2D eigenvalue weighted by Crippen LogP contribution is 2.15. The zero-order valence-corrected chi connectivity index (χ0v) is 11.8. The smallest absolute Gasteiger partial charge is 0.178 e. The Labute approximate surface area is 113 Å². The lowest BCUT2D eigenvalue weighted by molar-refractivity contribution is 0.526. The van der Waals surface area contributed by atoms with Gasteiger partial charge in [0.05, 0.1) is 12.7 Å². The molecule has 19 heavy (non-hydrogen) atoms. The van der Waals surface area contributed by atoms with Crippen molar-refractivity contribution in [3.63, 3.8) is 0 Å². The topological polar surface area (TPSA) is 78.0 Å². The lowest BCUT2D eigenvalue weighted by atomic mass is 10.1. The molecule has 0 spiro atoms. The molecule has 1 aromatic heterocycles. The highest BCUT2D eigenvalue weighted by molar-refractivity contribution is 7.90. The molecule has 1 atom stereocenters. The van der Waals surface area contributed by atoms with Crippen molar-refractivity contribution in [2.75, 3.05) is 6.26 Å². The number of rotatable bonds is 4. The number of nitrogens with zero attached hydrogens (tertiary/aromatic N) is 2. The fourth-order valence-corrected chi connectivity index (χ4v) is 2.40. The molecule has 2 rings (SSSR count). The van der Waals surface area contributed by atoms with E-state index in [4.69, 9.17) is 5.73 Å². The van der Waals surface area contributed by atoms with Crippen LogP contribution in [0.3, 0.4) is 0 Å². The van der Waals surface area contributed by atoms with Crippen LogP contribution in [0.5, 0.6) is 0 Å². The van der Waals surface area contributed by atoms with E-state index in [1.807, 2.05) is 31.2 Å². The number of aryl methyl sites for hydroxylation is 1. The molecule has 2 aromatic rings. The fourth-order valence-electron chi connectivity index (χ4n) is 1.84. The van der Waals surface area contributed by atoms with Gasteiger partial charge in [0.2, 0.25) is 0 Å². The van der Waals surface area contributed by atoms with E-state index in [1.165, 1.54) is 12.4 Å². The average Bonchev–Trinajstić information content (AvgIpc) is 2.77. The van der Waals surface area contributed by atoms with E-state index >= 15 is 0 Å². The summed E-state index contributed by atoms with van der Waals surface area (Å²) in [6.45, 7) is 2.45. The fraction of sp³-hybridized carbons (Fsp3) is 0.308. The molecule has 2 N–H and O–H groups in total. The summed E-state index contributed by atoms with van der Waals surface area (Å²) in [6.07, 6.45) is 4.01. The molecule has 0 aliphatic rings. The van der Waals surface area contributed by atoms with Gasteiger partial charge in [-0.25, -0.2) is 8.42 Å². The number of aromatic nitrogens is 2. The predicted molar refractivity (Wildman–Crippen MR) is 73.4 cm³/mol. The van der Waals surface area contributed by atoms with Gasteiger partial charge in [-0.2, -0.15) is 5.10 Å². The first-order chi connectivity index (χ1) is 8.86. The minimum atomic E-state index is -3.21. The van der Waals surface area contributed by atoms with E-state index in [1.54, 1.807) is 4.68 Å². The molecule has 6 heteroatoms. The Morgan fingerprint density at radius 1 is 1.42 bits per heavy atom. The predicted octanol–water partition coefficient (Wildman–Crippen LogP) is 1.30. The van der Waals surface area contributed by atoms with Crippen LogP contribution in [0, 0.1) is 6.92 Å². The largest absolute Gasteiger partial charge is 0.322 e. The van der Waals surface area contributed by atoms with E-state index in [0.717, 1.165) is 17.4 Å².